The second kappa shape index (κ2) is 11.9. The van der Waals surface area contributed by atoms with Crippen LogP contribution in [0.3, 0.4) is 0 Å². The fourth-order valence-electron chi connectivity index (χ4n) is 4.10. The van der Waals surface area contributed by atoms with Crippen LogP contribution in [0.15, 0.2) is 103 Å². The van der Waals surface area contributed by atoms with Crippen LogP contribution in [-0.4, -0.2) is 42.4 Å². The Balaban J connectivity index is 1.72. The molecule has 196 valence electrons. The number of methoxy groups -OCH3 is 1. The molecule has 7 nitrogen and oxygen atoms in total. The number of nitrogens with zero attached hydrogens (tertiary/aromatic N) is 3. The van der Waals surface area contributed by atoms with Crippen LogP contribution < -0.4 is 4.74 Å². The highest BCUT2D eigenvalue weighted by atomic mass is 32.2. The average molecular weight is 534 g/mol. The standard InChI is InChI=1S/C29H28FN3O4S/c1-3-16-32(28(34)23-13-9-14-26(17-23)37-2)20-25-18-31-29(33(25)19-22-10-5-4-6-11-22)38(35,36)21-24-12-7-8-15-27(24)30/h3-15,17-18H,1,16,19-21H2,2H3. The fraction of sp³-hybridized carbons (Fsp3) is 0.172. The minimum Gasteiger partial charge on any atom is -0.497 e. The molecule has 38 heavy (non-hydrogen) atoms. The van der Waals surface area contributed by atoms with Gasteiger partial charge in [0, 0.05) is 17.7 Å². The van der Waals surface area contributed by atoms with Gasteiger partial charge in [0.25, 0.3) is 5.91 Å². The van der Waals surface area contributed by atoms with Crippen LogP contribution in [0.4, 0.5) is 4.39 Å². The summed E-state index contributed by atoms with van der Waals surface area (Å²) in [7, 11) is -2.50. The summed E-state index contributed by atoms with van der Waals surface area (Å²) in [5.74, 6) is -0.861. The topological polar surface area (TPSA) is 81.5 Å². The summed E-state index contributed by atoms with van der Waals surface area (Å²) in [4.78, 5) is 19.2. The van der Waals surface area contributed by atoms with Crippen LogP contribution >= 0.6 is 0 Å². The van der Waals surface area contributed by atoms with Crippen LogP contribution in [-0.2, 0) is 28.7 Å². The van der Waals surface area contributed by atoms with Crippen molar-refractivity contribution in [2.45, 2.75) is 24.0 Å². The van der Waals surface area contributed by atoms with Gasteiger partial charge in [0.05, 0.1) is 37.8 Å². The van der Waals surface area contributed by atoms with Crippen molar-refractivity contribution in [1.82, 2.24) is 14.5 Å². The van der Waals surface area contributed by atoms with Crippen molar-refractivity contribution in [2.75, 3.05) is 13.7 Å². The molecular weight excluding hydrogens is 505 g/mol. The Labute approximate surface area is 221 Å². The molecule has 0 radical (unpaired) electrons. The van der Waals surface area contributed by atoms with Crippen LogP contribution in [0.2, 0.25) is 0 Å². The van der Waals surface area contributed by atoms with Gasteiger partial charge in [0.1, 0.15) is 11.6 Å². The lowest BCUT2D eigenvalue weighted by atomic mass is 10.1. The predicted molar refractivity (Wildman–Crippen MR) is 143 cm³/mol. The van der Waals surface area contributed by atoms with E-state index in [1.807, 2.05) is 30.3 Å². The number of carbonyl (C=O) groups excluding carboxylic acids is 1. The van der Waals surface area contributed by atoms with Gasteiger partial charge in [-0.15, -0.1) is 6.58 Å². The van der Waals surface area contributed by atoms with E-state index in [1.54, 1.807) is 45.9 Å². The highest BCUT2D eigenvalue weighted by Crippen LogP contribution is 2.23. The van der Waals surface area contributed by atoms with Gasteiger partial charge in [-0.1, -0.05) is 60.7 Å². The normalized spacial score (nSPS) is 11.2. The van der Waals surface area contributed by atoms with Crippen LogP contribution in [0, 0.1) is 5.82 Å². The summed E-state index contributed by atoms with van der Waals surface area (Å²) in [6, 6.07) is 21.9. The molecule has 9 heteroatoms. The van der Waals surface area contributed by atoms with Crippen molar-refractivity contribution in [3.05, 3.63) is 126 Å². The average Bonchev–Trinajstić information content (AvgIpc) is 3.32. The maximum Gasteiger partial charge on any atom is 0.254 e. The third-order valence-corrected chi connectivity index (χ3v) is 7.55. The number of amides is 1. The maximum atomic E-state index is 14.3. The molecule has 1 heterocycles. The summed E-state index contributed by atoms with van der Waals surface area (Å²) < 4.78 is 48.0. The summed E-state index contributed by atoms with van der Waals surface area (Å²) in [6.07, 6.45) is 3.05. The summed E-state index contributed by atoms with van der Waals surface area (Å²) >= 11 is 0. The minimum absolute atomic E-state index is 0.0600. The Hall–Kier alpha value is -4.24. The van der Waals surface area contributed by atoms with Crippen molar-refractivity contribution >= 4 is 15.7 Å². The van der Waals surface area contributed by atoms with E-state index in [2.05, 4.69) is 11.6 Å². The third kappa shape index (κ3) is 6.18. The van der Waals surface area contributed by atoms with E-state index in [0.29, 0.717) is 17.0 Å². The molecule has 0 spiro atoms. The van der Waals surface area contributed by atoms with Crippen molar-refractivity contribution in [3.63, 3.8) is 0 Å². The zero-order valence-electron chi connectivity index (χ0n) is 21.0. The van der Waals surface area contributed by atoms with Crippen molar-refractivity contribution in [1.29, 1.82) is 0 Å². The van der Waals surface area contributed by atoms with E-state index < -0.39 is 21.4 Å². The van der Waals surface area contributed by atoms with E-state index in [0.717, 1.165) is 5.56 Å². The monoisotopic (exact) mass is 533 g/mol. The van der Waals surface area contributed by atoms with Gasteiger partial charge >= 0.3 is 0 Å². The quantitative estimate of drug-likeness (QED) is 0.257. The summed E-state index contributed by atoms with van der Waals surface area (Å²) in [6.45, 7) is 4.28. The Morgan fingerprint density at radius 3 is 2.53 bits per heavy atom. The van der Waals surface area contributed by atoms with Gasteiger partial charge in [-0.05, 0) is 29.8 Å². The number of rotatable bonds is 11. The largest absolute Gasteiger partial charge is 0.497 e. The lowest BCUT2D eigenvalue weighted by Crippen LogP contribution is -2.32. The van der Waals surface area contributed by atoms with Crippen molar-refractivity contribution in [2.24, 2.45) is 0 Å². The highest BCUT2D eigenvalue weighted by Gasteiger charge is 2.27. The SMILES string of the molecule is C=CCN(Cc1cnc(S(=O)(=O)Cc2ccccc2F)n1Cc1ccccc1)C(=O)c1cccc(OC)c1. The molecule has 0 aliphatic rings. The number of sulfone groups is 1. The molecule has 0 N–H and O–H groups in total. The molecular formula is C29H28FN3O4S. The van der Waals surface area contributed by atoms with E-state index in [-0.39, 0.29) is 36.3 Å². The molecule has 0 aliphatic carbocycles. The first-order chi connectivity index (χ1) is 18.3. The predicted octanol–water partition coefficient (Wildman–Crippen LogP) is 4.88. The van der Waals surface area contributed by atoms with Gasteiger partial charge in [0.15, 0.2) is 0 Å². The van der Waals surface area contributed by atoms with Crippen molar-refractivity contribution < 1.29 is 22.3 Å². The van der Waals surface area contributed by atoms with Gasteiger partial charge in [-0.2, -0.15) is 0 Å². The van der Waals surface area contributed by atoms with E-state index in [1.165, 1.54) is 31.5 Å². The van der Waals surface area contributed by atoms with Crippen LogP contribution in [0.1, 0.15) is 27.2 Å². The molecule has 0 saturated heterocycles. The molecule has 3 aromatic carbocycles. The summed E-state index contributed by atoms with van der Waals surface area (Å²) in [5, 5.41) is -0.188. The van der Waals surface area contributed by atoms with Crippen LogP contribution in [0.25, 0.3) is 0 Å². The van der Waals surface area contributed by atoms with E-state index >= 15 is 0 Å². The zero-order valence-corrected chi connectivity index (χ0v) is 21.8. The van der Waals surface area contributed by atoms with E-state index in [9.17, 15) is 17.6 Å². The number of imidazole rings is 1. The van der Waals surface area contributed by atoms with Gasteiger partial charge in [-0.25, -0.2) is 17.8 Å². The third-order valence-electron chi connectivity index (χ3n) is 5.97. The fourth-order valence-corrected chi connectivity index (χ4v) is 5.60. The molecule has 0 saturated carbocycles. The second-order valence-electron chi connectivity index (χ2n) is 8.66. The highest BCUT2D eigenvalue weighted by molar-refractivity contribution is 7.90. The first-order valence-electron chi connectivity index (χ1n) is 11.9. The molecule has 0 atom stereocenters. The van der Waals surface area contributed by atoms with Gasteiger partial charge < -0.3 is 14.2 Å². The molecule has 1 aromatic heterocycles. The van der Waals surface area contributed by atoms with E-state index in [4.69, 9.17) is 4.74 Å². The minimum atomic E-state index is -4.02. The molecule has 0 fully saturated rings. The van der Waals surface area contributed by atoms with Gasteiger partial charge in [0.2, 0.25) is 15.0 Å². The molecule has 1 amide bonds. The molecule has 0 bridgehead atoms. The molecule has 4 rings (SSSR count). The first kappa shape index (κ1) is 26.8. The Bertz CT molecular complexity index is 1530. The Kier molecular flexibility index (Phi) is 8.38. The Morgan fingerprint density at radius 1 is 1.08 bits per heavy atom. The lowest BCUT2D eigenvalue weighted by molar-refractivity contribution is 0.0758. The first-order valence-corrected chi connectivity index (χ1v) is 13.6. The number of hydrogen-bond donors (Lipinski definition) is 0. The molecule has 4 aromatic rings. The number of halogens is 1. The van der Waals surface area contributed by atoms with Crippen LogP contribution in [0.5, 0.6) is 5.75 Å². The summed E-state index contributed by atoms with van der Waals surface area (Å²) in [5.41, 5.74) is 1.85. The number of carbonyl (C=O) groups is 1. The number of ether oxygens (including phenoxy) is 1. The maximum absolute atomic E-state index is 14.3. The lowest BCUT2D eigenvalue weighted by Gasteiger charge is -2.23. The van der Waals surface area contributed by atoms with Gasteiger partial charge in [-0.3, -0.25) is 4.79 Å². The number of benzene rings is 3. The number of aromatic nitrogens is 2. The zero-order chi connectivity index (χ0) is 27.1. The Morgan fingerprint density at radius 2 is 1.82 bits per heavy atom. The number of hydrogen-bond acceptors (Lipinski definition) is 5. The molecule has 0 unspecified atom stereocenters. The smallest absolute Gasteiger partial charge is 0.254 e. The second-order valence-corrected chi connectivity index (χ2v) is 10.5. The van der Waals surface area contributed by atoms with Crippen molar-refractivity contribution in [3.8, 4) is 5.75 Å². The molecule has 0 aliphatic heterocycles.